The highest BCUT2D eigenvalue weighted by Crippen LogP contribution is 2.06. The third-order valence-corrected chi connectivity index (χ3v) is 2.68. The number of rotatable bonds is 4. The fourth-order valence-electron chi connectivity index (χ4n) is 1.66. The molecule has 0 fully saturated rings. The second-order valence-corrected chi connectivity index (χ2v) is 4.52. The molecule has 4 heteroatoms. The number of thiocarbonyl (C=S) groups is 1. The van der Waals surface area contributed by atoms with Crippen molar-refractivity contribution in [2.75, 3.05) is 0 Å². The lowest BCUT2D eigenvalue weighted by Crippen LogP contribution is -2.25. The zero-order valence-electron chi connectivity index (χ0n) is 10.9. The van der Waals surface area contributed by atoms with Crippen LogP contribution in [0.5, 0.6) is 0 Å². The van der Waals surface area contributed by atoms with Gasteiger partial charge in [0.2, 0.25) is 0 Å². The molecule has 2 aromatic rings. The highest BCUT2D eigenvalue weighted by Gasteiger charge is 1.99. The van der Waals surface area contributed by atoms with Gasteiger partial charge in [0.15, 0.2) is 5.11 Å². The number of nitrogens with zero attached hydrogens (tertiary/aromatic N) is 1. The summed E-state index contributed by atoms with van der Waals surface area (Å²) in [5, 5.41) is 4.37. The Morgan fingerprint density at radius 2 is 1.60 bits per heavy atom. The predicted octanol–water partition coefficient (Wildman–Crippen LogP) is 2.94. The molecule has 0 spiro atoms. The van der Waals surface area contributed by atoms with E-state index in [4.69, 9.17) is 18.0 Å². The molecule has 0 saturated carbocycles. The number of hydrogen-bond donors (Lipinski definition) is 2. The minimum Gasteiger partial charge on any atom is -0.375 e. The lowest BCUT2D eigenvalue weighted by atomic mass is 10.1. The normalized spacial score (nSPS) is 11.5. The van der Waals surface area contributed by atoms with E-state index in [2.05, 4.69) is 10.5 Å². The van der Waals surface area contributed by atoms with Crippen LogP contribution in [0.25, 0.3) is 6.08 Å². The molecule has 0 bridgehead atoms. The molecule has 0 atom stereocenters. The van der Waals surface area contributed by atoms with Gasteiger partial charge in [-0.2, -0.15) is 5.10 Å². The number of nitrogens with two attached hydrogens (primary N) is 1. The Kier molecular flexibility index (Phi) is 5.03. The Bertz CT molecular complexity index is 619. The summed E-state index contributed by atoms with van der Waals surface area (Å²) in [6.07, 6.45) is 3.92. The lowest BCUT2D eigenvalue weighted by molar-refractivity contribution is 1.03. The van der Waals surface area contributed by atoms with Crippen LogP contribution < -0.4 is 11.2 Å². The maximum atomic E-state index is 5.42. The smallest absolute Gasteiger partial charge is 0.184 e. The molecule has 0 aliphatic rings. The van der Waals surface area contributed by atoms with Gasteiger partial charge in [-0.15, -0.1) is 0 Å². The third kappa shape index (κ3) is 4.33. The van der Waals surface area contributed by atoms with Crippen LogP contribution in [-0.2, 0) is 0 Å². The first-order chi connectivity index (χ1) is 9.75. The summed E-state index contributed by atoms with van der Waals surface area (Å²) >= 11 is 4.78. The first-order valence-corrected chi connectivity index (χ1v) is 6.58. The van der Waals surface area contributed by atoms with Gasteiger partial charge in [0.25, 0.3) is 0 Å². The van der Waals surface area contributed by atoms with Gasteiger partial charge < -0.3 is 5.73 Å². The molecule has 0 heterocycles. The minimum atomic E-state index is 0.145. The Balaban J connectivity index is 2.26. The molecule has 3 nitrogen and oxygen atoms in total. The monoisotopic (exact) mass is 281 g/mol. The van der Waals surface area contributed by atoms with Gasteiger partial charge in [0, 0.05) is 5.56 Å². The van der Waals surface area contributed by atoms with Crippen LogP contribution >= 0.6 is 12.2 Å². The SMILES string of the molecule is NC(=S)N/N=C(\C=C\c1ccccc1)c1ccccc1. The average molecular weight is 281 g/mol. The summed E-state index contributed by atoms with van der Waals surface area (Å²) in [4.78, 5) is 0. The summed E-state index contributed by atoms with van der Waals surface area (Å²) in [5.41, 5.74) is 10.9. The highest BCUT2D eigenvalue weighted by molar-refractivity contribution is 7.80. The van der Waals surface area contributed by atoms with Crippen LogP contribution in [0.3, 0.4) is 0 Å². The van der Waals surface area contributed by atoms with E-state index in [1.165, 1.54) is 0 Å². The standard InChI is InChI=1S/C16H15N3S/c17-16(20)19-18-15(14-9-5-2-6-10-14)12-11-13-7-3-1-4-8-13/h1-12H,(H3,17,19,20)/b12-11+,18-15+. The van der Waals surface area contributed by atoms with Crippen molar-refractivity contribution in [2.45, 2.75) is 0 Å². The number of benzene rings is 2. The van der Waals surface area contributed by atoms with Gasteiger partial charge in [-0.05, 0) is 23.9 Å². The number of nitrogens with one attached hydrogen (secondary N) is 1. The van der Waals surface area contributed by atoms with Crippen molar-refractivity contribution in [3.63, 3.8) is 0 Å². The lowest BCUT2D eigenvalue weighted by Gasteiger charge is -2.03. The van der Waals surface area contributed by atoms with Crippen molar-refractivity contribution in [2.24, 2.45) is 10.8 Å². The zero-order valence-corrected chi connectivity index (χ0v) is 11.7. The Morgan fingerprint density at radius 3 is 2.20 bits per heavy atom. The van der Waals surface area contributed by atoms with E-state index in [0.29, 0.717) is 0 Å². The van der Waals surface area contributed by atoms with E-state index >= 15 is 0 Å². The summed E-state index contributed by atoms with van der Waals surface area (Å²) < 4.78 is 0. The summed E-state index contributed by atoms with van der Waals surface area (Å²) in [6, 6.07) is 19.9. The largest absolute Gasteiger partial charge is 0.375 e. The van der Waals surface area contributed by atoms with Crippen molar-refractivity contribution in [1.29, 1.82) is 0 Å². The van der Waals surface area contributed by atoms with E-state index in [1.807, 2.05) is 72.8 Å². The number of hydrazone groups is 1. The van der Waals surface area contributed by atoms with E-state index in [-0.39, 0.29) is 5.11 Å². The van der Waals surface area contributed by atoms with Gasteiger partial charge in [0.05, 0.1) is 5.71 Å². The second-order valence-electron chi connectivity index (χ2n) is 4.08. The van der Waals surface area contributed by atoms with Crippen LogP contribution in [-0.4, -0.2) is 10.8 Å². The maximum Gasteiger partial charge on any atom is 0.184 e. The van der Waals surface area contributed by atoms with Crippen LogP contribution in [0, 0.1) is 0 Å². The van der Waals surface area contributed by atoms with Gasteiger partial charge >= 0.3 is 0 Å². The number of allylic oxidation sites excluding steroid dienone is 1. The topological polar surface area (TPSA) is 50.4 Å². The molecule has 2 aromatic carbocycles. The first kappa shape index (κ1) is 14.0. The van der Waals surface area contributed by atoms with E-state index in [0.717, 1.165) is 16.8 Å². The van der Waals surface area contributed by atoms with E-state index in [9.17, 15) is 0 Å². The molecule has 0 unspecified atom stereocenters. The summed E-state index contributed by atoms with van der Waals surface area (Å²) in [5.74, 6) is 0. The van der Waals surface area contributed by atoms with Crippen LogP contribution in [0.2, 0.25) is 0 Å². The molecule has 3 N–H and O–H groups in total. The quantitative estimate of drug-likeness (QED) is 0.514. The average Bonchev–Trinajstić information content (AvgIpc) is 2.49. The fourth-order valence-corrected chi connectivity index (χ4v) is 1.71. The summed E-state index contributed by atoms with van der Waals surface area (Å²) in [6.45, 7) is 0. The molecular formula is C16H15N3S. The van der Waals surface area contributed by atoms with Crippen molar-refractivity contribution in [3.05, 3.63) is 77.9 Å². The molecule has 0 aliphatic carbocycles. The maximum absolute atomic E-state index is 5.42. The van der Waals surface area contributed by atoms with Gasteiger partial charge in [0.1, 0.15) is 0 Å². The van der Waals surface area contributed by atoms with Gasteiger partial charge in [-0.3, -0.25) is 5.43 Å². The molecule has 0 amide bonds. The molecule has 2 rings (SSSR count). The molecule has 0 saturated heterocycles. The van der Waals surface area contributed by atoms with Crippen molar-refractivity contribution >= 4 is 29.1 Å². The van der Waals surface area contributed by atoms with Crippen LogP contribution in [0.1, 0.15) is 11.1 Å². The highest BCUT2D eigenvalue weighted by atomic mass is 32.1. The molecule has 0 aliphatic heterocycles. The molecule has 0 aromatic heterocycles. The van der Waals surface area contributed by atoms with Gasteiger partial charge in [-0.25, -0.2) is 0 Å². The fraction of sp³-hybridized carbons (Fsp3) is 0. The minimum absolute atomic E-state index is 0.145. The van der Waals surface area contributed by atoms with Crippen molar-refractivity contribution in [3.8, 4) is 0 Å². The predicted molar refractivity (Wildman–Crippen MR) is 88.4 cm³/mol. The molecule has 0 radical (unpaired) electrons. The Morgan fingerprint density at radius 1 is 1.00 bits per heavy atom. The van der Waals surface area contributed by atoms with Crippen LogP contribution in [0.4, 0.5) is 0 Å². The summed E-state index contributed by atoms with van der Waals surface area (Å²) in [7, 11) is 0. The van der Waals surface area contributed by atoms with Crippen molar-refractivity contribution < 1.29 is 0 Å². The van der Waals surface area contributed by atoms with Gasteiger partial charge in [-0.1, -0.05) is 66.7 Å². The Labute approximate surface area is 123 Å². The molecular weight excluding hydrogens is 266 g/mol. The second kappa shape index (κ2) is 7.21. The molecule has 100 valence electrons. The number of hydrogen-bond acceptors (Lipinski definition) is 2. The third-order valence-electron chi connectivity index (χ3n) is 2.59. The van der Waals surface area contributed by atoms with E-state index in [1.54, 1.807) is 0 Å². The van der Waals surface area contributed by atoms with E-state index < -0.39 is 0 Å². The zero-order chi connectivity index (χ0) is 14.2. The molecule has 20 heavy (non-hydrogen) atoms. The van der Waals surface area contributed by atoms with Crippen molar-refractivity contribution in [1.82, 2.24) is 5.43 Å². The Hall–Kier alpha value is -2.46. The first-order valence-electron chi connectivity index (χ1n) is 6.17. The van der Waals surface area contributed by atoms with Crippen LogP contribution in [0.15, 0.2) is 71.8 Å².